The fourth-order valence-corrected chi connectivity index (χ4v) is 3.44. The van der Waals surface area contributed by atoms with Gasteiger partial charge in [-0.25, -0.2) is 8.42 Å². The monoisotopic (exact) mass is 338 g/mol. The van der Waals surface area contributed by atoms with Crippen molar-refractivity contribution in [1.82, 2.24) is 0 Å². The number of hydrogen-bond acceptors (Lipinski definition) is 5. The molecular weight excluding hydrogens is 315 g/mol. The molecule has 0 aromatic carbocycles. The van der Waals surface area contributed by atoms with E-state index in [9.17, 15) is 17.8 Å². The van der Waals surface area contributed by atoms with Gasteiger partial charge in [-0.2, -0.15) is 0 Å². The molecule has 1 atom stereocenters. The summed E-state index contributed by atoms with van der Waals surface area (Å²) in [5.74, 6) is -0.468. The normalized spacial score (nSPS) is 20.5. The van der Waals surface area contributed by atoms with Gasteiger partial charge in [0.15, 0.2) is 0 Å². The third-order valence-corrected chi connectivity index (χ3v) is 4.34. The minimum Gasteiger partial charge on any atom is -0.744 e. The molecule has 0 aromatic heterocycles. The van der Waals surface area contributed by atoms with Gasteiger partial charge in [-0.15, -0.1) is 0 Å². The molecule has 0 bridgehead atoms. The van der Waals surface area contributed by atoms with Crippen LogP contribution in [0.4, 0.5) is 0 Å². The number of ether oxygens (including phenoxy) is 1. The van der Waals surface area contributed by atoms with Gasteiger partial charge in [0.05, 0.1) is 4.91 Å². The molecule has 0 saturated carbocycles. The van der Waals surface area contributed by atoms with E-state index in [0.717, 1.165) is 12.8 Å². The standard InChI is InChI=1S/C15H24O5S.Na/c1-5-6-7-8-13(16)20-14-12(21(17,18)19)9-11(2)10-15(14,3)4;/h9-10,14H,5-8H2,1-4H3,(H,17,18,19);/q;+1/p-1. The van der Waals surface area contributed by atoms with Gasteiger partial charge in [-0.1, -0.05) is 45.3 Å². The maximum absolute atomic E-state index is 11.9. The molecule has 0 fully saturated rings. The van der Waals surface area contributed by atoms with Crippen LogP contribution in [-0.2, 0) is 19.6 Å². The van der Waals surface area contributed by atoms with Crippen molar-refractivity contribution in [3.05, 3.63) is 22.6 Å². The van der Waals surface area contributed by atoms with E-state index in [2.05, 4.69) is 0 Å². The smallest absolute Gasteiger partial charge is 0.744 e. The van der Waals surface area contributed by atoms with E-state index >= 15 is 0 Å². The first-order valence-electron chi connectivity index (χ1n) is 7.14. The van der Waals surface area contributed by atoms with Crippen LogP contribution in [0.3, 0.4) is 0 Å². The van der Waals surface area contributed by atoms with Crippen molar-refractivity contribution in [2.75, 3.05) is 0 Å². The van der Waals surface area contributed by atoms with Gasteiger partial charge in [0.2, 0.25) is 0 Å². The summed E-state index contributed by atoms with van der Waals surface area (Å²) in [5.41, 5.74) is -0.0563. The fourth-order valence-electron chi connectivity index (χ4n) is 2.49. The molecule has 1 rings (SSSR count). The zero-order valence-corrected chi connectivity index (χ0v) is 16.8. The van der Waals surface area contributed by atoms with Crippen molar-refractivity contribution < 1.29 is 52.1 Å². The number of unbranched alkanes of at least 4 members (excludes halogenated alkanes) is 2. The van der Waals surface area contributed by atoms with Crippen LogP contribution in [-0.4, -0.2) is 25.0 Å². The Balaban J connectivity index is 0.00000441. The van der Waals surface area contributed by atoms with Crippen molar-refractivity contribution in [2.24, 2.45) is 5.41 Å². The van der Waals surface area contributed by atoms with E-state index < -0.39 is 27.6 Å². The minimum absolute atomic E-state index is 0. The Bertz CT molecular complexity index is 560. The predicted octanol–water partition coefficient (Wildman–Crippen LogP) is -0.102. The second kappa shape index (κ2) is 8.64. The molecule has 1 unspecified atom stereocenters. The molecule has 0 amide bonds. The molecule has 0 aliphatic heterocycles. The fraction of sp³-hybridized carbons (Fsp3) is 0.667. The summed E-state index contributed by atoms with van der Waals surface area (Å²) in [6.07, 6.45) is 4.85. The molecule has 1 aliphatic carbocycles. The van der Waals surface area contributed by atoms with Crippen LogP contribution in [0.25, 0.3) is 0 Å². The van der Waals surface area contributed by atoms with E-state index in [1.807, 2.05) is 13.0 Å². The van der Waals surface area contributed by atoms with Gasteiger partial charge in [0.1, 0.15) is 16.2 Å². The number of carbonyl (C=O) groups excluding carboxylic acids is 1. The SMILES string of the molecule is CCCCCC(=O)OC1C(S(=O)(=O)[O-])=CC(C)=CC1(C)C.[Na+]. The van der Waals surface area contributed by atoms with Crippen molar-refractivity contribution >= 4 is 16.1 Å². The Morgan fingerprint density at radius 3 is 2.45 bits per heavy atom. The molecule has 0 N–H and O–H groups in total. The molecule has 0 aromatic rings. The first-order valence-corrected chi connectivity index (χ1v) is 8.55. The number of hydrogen-bond donors (Lipinski definition) is 0. The molecule has 1 aliphatic rings. The van der Waals surface area contributed by atoms with Gasteiger partial charge in [0, 0.05) is 11.8 Å². The predicted molar refractivity (Wildman–Crippen MR) is 79.3 cm³/mol. The maximum atomic E-state index is 11.9. The summed E-state index contributed by atoms with van der Waals surface area (Å²) >= 11 is 0. The first-order chi connectivity index (χ1) is 9.58. The largest absolute Gasteiger partial charge is 1.00 e. The topological polar surface area (TPSA) is 83.5 Å². The Kier molecular flexibility index (Phi) is 8.58. The van der Waals surface area contributed by atoms with Crippen LogP contribution in [0, 0.1) is 5.41 Å². The summed E-state index contributed by atoms with van der Waals surface area (Å²) in [6.45, 7) is 7.23. The van der Waals surface area contributed by atoms with Crippen LogP contribution in [0.15, 0.2) is 22.6 Å². The van der Waals surface area contributed by atoms with Crippen molar-refractivity contribution in [1.29, 1.82) is 0 Å². The van der Waals surface area contributed by atoms with Crippen LogP contribution in [0.1, 0.15) is 53.4 Å². The van der Waals surface area contributed by atoms with Crippen LogP contribution in [0.5, 0.6) is 0 Å². The molecule has 0 saturated heterocycles. The average Bonchev–Trinajstić information content (AvgIpc) is 2.30. The zero-order chi connectivity index (χ0) is 16.3. The number of allylic oxidation sites excluding steroid dienone is 2. The van der Waals surface area contributed by atoms with Gasteiger partial charge in [-0.3, -0.25) is 4.79 Å². The molecule has 120 valence electrons. The van der Waals surface area contributed by atoms with Crippen molar-refractivity contribution in [2.45, 2.75) is 59.5 Å². The summed E-state index contributed by atoms with van der Waals surface area (Å²) in [4.78, 5) is 11.5. The van der Waals surface area contributed by atoms with E-state index in [1.54, 1.807) is 20.8 Å². The third-order valence-electron chi connectivity index (χ3n) is 3.43. The Morgan fingerprint density at radius 1 is 1.36 bits per heavy atom. The van der Waals surface area contributed by atoms with E-state index in [1.165, 1.54) is 6.08 Å². The van der Waals surface area contributed by atoms with Crippen LogP contribution < -0.4 is 29.6 Å². The Hall–Kier alpha value is -0.140. The van der Waals surface area contributed by atoms with Gasteiger partial charge >= 0.3 is 35.5 Å². The van der Waals surface area contributed by atoms with E-state index in [-0.39, 0.29) is 40.9 Å². The zero-order valence-electron chi connectivity index (χ0n) is 14.0. The minimum atomic E-state index is -4.66. The molecule has 7 heteroatoms. The van der Waals surface area contributed by atoms with Crippen LogP contribution in [0.2, 0.25) is 0 Å². The summed E-state index contributed by atoms with van der Waals surface area (Å²) in [5, 5.41) is 0. The van der Waals surface area contributed by atoms with Crippen molar-refractivity contribution in [3.63, 3.8) is 0 Å². The quantitative estimate of drug-likeness (QED) is 0.292. The van der Waals surface area contributed by atoms with Crippen molar-refractivity contribution in [3.8, 4) is 0 Å². The first kappa shape index (κ1) is 21.9. The molecule has 0 radical (unpaired) electrons. The number of rotatable bonds is 6. The molecular formula is C15H23NaO5S. The number of esters is 1. The summed E-state index contributed by atoms with van der Waals surface area (Å²) in [6, 6.07) is 0. The average molecular weight is 338 g/mol. The molecule has 0 heterocycles. The Morgan fingerprint density at radius 2 is 1.95 bits per heavy atom. The second-order valence-corrected chi connectivity index (χ2v) is 7.42. The third kappa shape index (κ3) is 6.16. The van der Waals surface area contributed by atoms with E-state index in [4.69, 9.17) is 4.74 Å². The molecule has 22 heavy (non-hydrogen) atoms. The summed E-state index contributed by atoms with van der Waals surface area (Å²) < 4.78 is 39.6. The second-order valence-electron chi connectivity index (χ2n) is 6.04. The molecule has 0 spiro atoms. The van der Waals surface area contributed by atoms with E-state index in [0.29, 0.717) is 12.0 Å². The van der Waals surface area contributed by atoms with Gasteiger partial charge in [0.25, 0.3) is 0 Å². The number of carbonyl (C=O) groups is 1. The maximum Gasteiger partial charge on any atom is 1.00 e. The Labute approximate surface area is 155 Å². The van der Waals surface area contributed by atoms with Gasteiger partial charge in [-0.05, 0) is 19.4 Å². The molecule has 5 nitrogen and oxygen atoms in total. The van der Waals surface area contributed by atoms with Crippen LogP contribution >= 0.6 is 0 Å². The summed E-state index contributed by atoms with van der Waals surface area (Å²) in [7, 11) is -4.66. The van der Waals surface area contributed by atoms with Gasteiger partial charge < -0.3 is 9.29 Å².